The second kappa shape index (κ2) is 7.07. The molecule has 1 amide bonds. The van der Waals surface area contributed by atoms with Crippen LogP contribution in [-0.4, -0.2) is 42.5 Å². The molecule has 3 rings (SSSR count). The molecule has 1 saturated heterocycles. The van der Waals surface area contributed by atoms with Gasteiger partial charge < -0.3 is 14.2 Å². The Morgan fingerprint density at radius 1 is 1.38 bits per heavy atom. The molecule has 1 atom stereocenters. The highest BCUT2D eigenvalue weighted by atomic mass is 16.4. The fraction of sp³-hybridized carbons (Fsp3) is 0.474. The van der Waals surface area contributed by atoms with Gasteiger partial charge in [-0.2, -0.15) is 0 Å². The van der Waals surface area contributed by atoms with Crippen LogP contribution in [0.15, 0.2) is 34.7 Å². The predicted octanol–water partition coefficient (Wildman–Crippen LogP) is 3.14. The molecule has 0 aliphatic carbocycles. The number of hydrogen-bond donors (Lipinski definition) is 0. The summed E-state index contributed by atoms with van der Waals surface area (Å²) < 4.78 is 5.59. The Hall–Kier alpha value is -2.30. The Kier molecular flexibility index (Phi) is 4.88. The summed E-state index contributed by atoms with van der Waals surface area (Å²) in [5.41, 5.74) is 1.94. The number of hydrogen-bond acceptors (Lipinski definition) is 4. The summed E-state index contributed by atoms with van der Waals surface area (Å²) in [4.78, 5) is 21.1. The molecule has 128 valence electrons. The third-order valence-electron chi connectivity index (χ3n) is 4.62. The third-order valence-corrected chi connectivity index (χ3v) is 4.62. The Balaban J connectivity index is 1.60. The highest BCUT2D eigenvalue weighted by Gasteiger charge is 2.27. The maximum Gasteiger partial charge on any atom is 0.291 e. The second-order valence-electron chi connectivity index (χ2n) is 6.50. The Bertz CT molecular complexity index is 696. The first-order chi connectivity index (χ1) is 11.6. The minimum Gasteiger partial charge on any atom is -0.435 e. The van der Waals surface area contributed by atoms with Crippen molar-refractivity contribution < 1.29 is 9.21 Å². The monoisotopic (exact) mass is 327 g/mol. The van der Waals surface area contributed by atoms with Gasteiger partial charge in [0, 0.05) is 38.8 Å². The molecule has 1 aromatic heterocycles. The topological polar surface area (TPSA) is 49.6 Å². The Labute approximate surface area is 143 Å². The first-order valence-corrected chi connectivity index (χ1v) is 8.60. The van der Waals surface area contributed by atoms with Crippen molar-refractivity contribution in [2.75, 3.05) is 31.6 Å². The second-order valence-corrected chi connectivity index (χ2v) is 6.50. The summed E-state index contributed by atoms with van der Waals surface area (Å²) in [5.74, 6) is 1.42. The lowest BCUT2D eigenvalue weighted by Gasteiger charge is -2.22. The number of carbonyl (C=O) groups excluding carboxylic acids is 1. The molecule has 1 aromatic carbocycles. The van der Waals surface area contributed by atoms with Crippen LogP contribution in [0.4, 0.5) is 5.69 Å². The molecule has 0 saturated carbocycles. The molecule has 2 aromatic rings. The van der Waals surface area contributed by atoms with E-state index in [9.17, 15) is 4.79 Å². The molecule has 0 bridgehead atoms. The van der Waals surface area contributed by atoms with Crippen LogP contribution in [0.5, 0.6) is 0 Å². The van der Waals surface area contributed by atoms with E-state index in [0.29, 0.717) is 29.7 Å². The highest BCUT2D eigenvalue weighted by Crippen LogP contribution is 2.24. The molecule has 2 heterocycles. The van der Waals surface area contributed by atoms with Gasteiger partial charge in [0.2, 0.25) is 5.76 Å². The van der Waals surface area contributed by atoms with Gasteiger partial charge in [0.05, 0.1) is 5.69 Å². The molecule has 1 fully saturated rings. The van der Waals surface area contributed by atoms with Gasteiger partial charge in [-0.3, -0.25) is 4.79 Å². The van der Waals surface area contributed by atoms with Crippen LogP contribution in [0.1, 0.15) is 35.5 Å². The number of nitrogens with zero attached hydrogens (tertiary/aromatic N) is 3. The van der Waals surface area contributed by atoms with Crippen molar-refractivity contribution in [3.8, 4) is 0 Å². The first-order valence-electron chi connectivity index (χ1n) is 8.60. The van der Waals surface area contributed by atoms with Crippen LogP contribution in [0.2, 0.25) is 0 Å². The van der Waals surface area contributed by atoms with Crippen LogP contribution in [0, 0.1) is 12.8 Å². The van der Waals surface area contributed by atoms with Gasteiger partial charge in [0.1, 0.15) is 0 Å². The lowest BCUT2D eigenvalue weighted by atomic mass is 10.1. The van der Waals surface area contributed by atoms with Crippen molar-refractivity contribution in [1.82, 2.24) is 9.88 Å². The van der Waals surface area contributed by atoms with Gasteiger partial charge in [-0.25, -0.2) is 4.98 Å². The molecule has 1 aliphatic heterocycles. The zero-order valence-electron chi connectivity index (χ0n) is 14.7. The number of para-hydroxylation sites is 1. The van der Waals surface area contributed by atoms with E-state index in [4.69, 9.17) is 4.42 Å². The standard InChI is InChI=1S/C19H25N3O2/c1-4-17-20-14(2)18(24-17)19(23)21(3)12-15-10-11-22(13-15)16-8-6-5-7-9-16/h5-9,15H,4,10-13H2,1-3H3/t15-/m1/s1. The zero-order chi connectivity index (χ0) is 17.1. The molecule has 5 nitrogen and oxygen atoms in total. The molecule has 0 N–H and O–H groups in total. The quantitative estimate of drug-likeness (QED) is 0.846. The SMILES string of the molecule is CCc1nc(C)c(C(=O)N(C)C[C@H]2CCN(c3ccccc3)C2)o1. The van der Waals surface area contributed by atoms with E-state index in [0.717, 1.165) is 26.1 Å². The van der Waals surface area contributed by atoms with E-state index in [-0.39, 0.29) is 5.91 Å². The number of amides is 1. The first kappa shape index (κ1) is 16.6. The van der Waals surface area contributed by atoms with Gasteiger partial charge in [0.25, 0.3) is 5.91 Å². The van der Waals surface area contributed by atoms with Gasteiger partial charge >= 0.3 is 0 Å². The summed E-state index contributed by atoms with van der Waals surface area (Å²) in [6, 6.07) is 10.4. The lowest BCUT2D eigenvalue weighted by molar-refractivity contribution is 0.0742. The molecular formula is C19H25N3O2. The van der Waals surface area contributed by atoms with Gasteiger partial charge in [-0.15, -0.1) is 0 Å². The van der Waals surface area contributed by atoms with Crippen molar-refractivity contribution in [3.05, 3.63) is 47.7 Å². The predicted molar refractivity (Wildman–Crippen MR) is 94.3 cm³/mol. The molecule has 0 spiro atoms. The number of carbonyl (C=O) groups is 1. The highest BCUT2D eigenvalue weighted by molar-refractivity contribution is 5.92. The maximum atomic E-state index is 12.6. The van der Waals surface area contributed by atoms with E-state index in [2.05, 4.69) is 34.1 Å². The number of aryl methyl sites for hydroxylation is 2. The normalized spacial score (nSPS) is 17.3. The van der Waals surface area contributed by atoms with Crippen molar-refractivity contribution in [2.45, 2.75) is 26.7 Å². The molecule has 24 heavy (non-hydrogen) atoms. The van der Waals surface area contributed by atoms with Crippen LogP contribution in [0.25, 0.3) is 0 Å². The van der Waals surface area contributed by atoms with E-state index in [1.165, 1.54) is 5.69 Å². The molecule has 5 heteroatoms. The van der Waals surface area contributed by atoms with Crippen LogP contribution in [0.3, 0.4) is 0 Å². The average Bonchev–Trinajstić information content (AvgIpc) is 3.21. The smallest absolute Gasteiger partial charge is 0.291 e. The number of rotatable bonds is 5. The molecule has 1 aliphatic rings. The molecule has 0 unspecified atom stereocenters. The number of aromatic nitrogens is 1. The lowest BCUT2D eigenvalue weighted by Crippen LogP contribution is -2.33. The summed E-state index contributed by atoms with van der Waals surface area (Å²) in [7, 11) is 1.85. The third kappa shape index (κ3) is 3.45. The summed E-state index contributed by atoms with van der Waals surface area (Å²) in [6.45, 7) is 6.56. The van der Waals surface area contributed by atoms with E-state index >= 15 is 0 Å². The van der Waals surface area contributed by atoms with Crippen LogP contribution < -0.4 is 4.90 Å². The maximum absolute atomic E-state index is 12.6. The minimum absolute atomic E-state index is 0.0714. The number of anilines is 1. The fourth-order valence-electron chi connectivity index (χ4n) is 3.30. The Morgan fingerprint density at radius 3 is 2.79 bits per heavy atom. The van der Waals surface area contributed by atoms with Crippen molar-refractivity contribution >= 4 is 11.6 Å². The van der Waals surface area contributed by atoms with Crippen LogP contribution >= 0.6 is 0 Å². The van der Waals surface area contributed by atoms with E-state index < -0.39 is 0 Å². The number of benzene rings is 1. The van der Waals surface area contributed by atoms with Gasteiger partial charge in [-0.05, 0) is 31.4 Å². The van der Waals surface area contributed by atoms with Gasteiger partial charge in [-0.1, -0.05) is 25.1 Å². The minimum atomic E-state index is -0.0714. The summed E-state index contributed by atoms with van der Waals surface area (Å²) >= 11 is 0. The summed E-state index contributed by atoms with van der Waals surface area (Å²) in [6.07, 6.45) is 1.80. The molecule has 0 radical (unpaired) electrons. The largest absolute Gasteiger partial charge is 0.435 e. The number of oxazole rings is 1. The van der Waals surface area contributed by atoms with Crippen molar-refractivity contribution in [1.29, 1.82) is 0 Å². The fourth-order valence-corrected chi connectivity index (χ4v) is 3.30. The van der Waals surface area contributed by atoms with Gasteiger partial charge in [0.15, 0.2) is 5.89 Å². The average molecular weight is 327 g/mol. The van der Waals surface area contributed by atoms with Crippen molar-refractivity contribution in [3.63, 3.8) is 0 Å². The zero-order valence-corrected chi connectivity index (χ0v) is 14.7. The molecular weight excluding hydrogens is 302 g/mol. The van der Waals surface area contributed by atoms with E-state index in [1.807, 2.05) is 27.0 Å². The Morgan fingerprint density at radius 2 is 2.12 bits per heavy atom. The van der Waals surface area contributed by atoms with Crippen LogP contribution in [-0.2, 0) is 6.42 Å². The van der Waals surface area contributed by atoms with Crippen molar-refractivity contribution in [2.24, 2.45) is 5.92 Å². The summed E-state index contributed by atoms with van der Waals surface area (Å²) in [5, 5.41) is 0. The van der Waals surface area contributed by atoms with E-state index in [1.54, 1.807) is 4.90 Å².